The molecule has 0 spiro atoms. The summed E-state index contributed by atoms with van der Waals surface area (Å²) in [6, 6.07) is 11.2. The summed E-state index contributed by atoms with van der Waals surface area (Å²) in [5, 5.41) is 3.43. The lowest BCUT2D eigenvalue weighted by atomic mass is 10.1. The molecule has 0 saturated carbocycles. The number of anilines is 1. The summed E-state index contributed by atoms with van der Waals surface area (Å²) < 4.78 is 12.3. The van der Waals surface area contributed by atoms with Crippen LogP contribution in [0.15, 0.2) is 51.2 Å². The van der Waals surface area contributed by atoms with Gasteiger partial charge in [0.1, 0.15) is 0 Å². The Labute approximate surface area is 200 Å². The van der Waals surface area contributed by atoms with Gasteiger partial charge in [-0.3, -0.25) is 14.2 Å². The molecule has 7 nitrogen and oxygen atoms in total. The van der Waals surface area contributed by atoms with Gasteiger partial charge in [0.25, 0.3) is 5.56 Å². The highest BCUT2D eigenvalue weighted by Crippen LogP contribution is 2.33. The van der Waals surface area contributed by atoms with Crippen LogP contribution in [-0.4, -0.2) is 41.2 Å². The molecule has 0 fully saturated rings. The number of hydrogen-bond donors (Lipinski definition) is 1. The highest BCUT2D eigenvalue weighted by atomic mass is 32.2. The maximum Gasteiger partial charge on any atom is 0.272 e. The van der Waals surface area contributed by atoms with Crippen LogP contribution in [0.3, 0.4) is 0 Å². The summed E-state index contributed by atoms with van der Waals surface area (Å²) in [7, 11) is 3.11. The van der Waals surface area contributed by atoms with Gasteiger partial charge in [-0.25, -0.2) is 4.98 Å². The Morgan fingerprint density at radius 2 is 1.94 bits per heavy atom. The molecule has 0 atom stereocenters. The molecular formula is C24H25N3O4S2. The zero-order valence-electron chi connectivity index (χ0n) is 18.9. The van der Waals surface area contributed by atoms with Crippen molar-refractivity contribution in [2.75, 3.05) is 31.0 Å². The number of hydrogen-bond acceptors (Lipinski definition) is 7. The summed E-state index contributed by atoms with van der Waals surface area (Å²) >= 11 is 2.76. The molecule has 1 aliphatic rings. The van der Waals surface area contributed by atoms with E-state index in [9.17, 15) is 9.59 Å². The smallest absolute Gasteiger partial charge is 0.272 e. The van der Waals surface area contributed by atoms with Crippen molar-refractivity contribution in [2.24, 2.45) is 0 Å². The van der Waals surface area contributed by atoms with E-state index in [2.05, 4.69) is 5.32 Å². The first-order chi connectivity index (χ1) is 15.9. The quantitative estimate of drug-likeness (QED) is 0.397. The number of fused-ring (bicyclic) bond motifs is 1. The number of ether oxygens (including phenoxy) is 2. The fourth-order valence-electron chi connectivity index (χ4n) is 3.65. The number of carbonyl (C=O) groups is 1. The van der Waals surface area contributed by atoms with Crippen molar-refractivity contribution in [2.45, 2.75) is 30.3 Å². The van der Waals surface area contributed by atoms with Crippen molar-refractivity contribution in [3.05, 3.63) is 63.6 Å². The number of methoxy groups -OCH3 is 2. The second-order valence-electron chi connectivity index (χ2n) is 7.60. The van der Waals surface area contributed by atoms with Gasteiger partial charge in [-0.1, -0.05) is 29.5 Å². The number of nitrogens with one attached hydrogen (secondary N) is 1. The molecule has 2 aromatic carbocycles. The fourth-order valence-corrected chi connectivity index (χ4v) is 5.50. The minimum atomic E-state index is -0.157. The van der Waals surface area contributed by atoms with Crippen molar-refractivity contribution < 1.29 is 14.3 Å². The number of aromatic nitrogens is 2. The van der Waals surface area contributed by atoms with Crippen molar-refractivity contribution in [3.8, 4) is 17.2 Å². The van der Waals surface area contributed by atoms with Gasteiger partial charge in [0.05, 0.1) is 36.2 Å². The van der Waals surface area contributed by atoms with E-state index in [1.54, 1.807) is 37.0 Å². The second-order valence-corrected chi connectivity index (χ2v) is 9.65. The molecule has 3 aromatic rings. The first-order valence-electron chi connectivity index (χ1n) is 10.4. The maximum absolute atomic E-state index is 13.4. The molecule has 0 bridgehead atoms. The number of thioether (sulfide) groups is 2. The molecule has 1 aliphatic heterocycles. The average molecular weight is 484 g/mol. The van der Waals surface area contributed by atoms with Crippen LogP contribution in [0.1, 0.15) is 16.8 Å². The number of benzene rings is 2. The van der Waals surface area contributed by atoms with Crippen molar-refractivity contribution in [1.29, 1.82) is 0 Å². The Bertz CT molecular complexity index is 1270. The molecule has 9 heteroatoms. The molecule has 0 radical (unpaired) electrons. The second kappa shape index (κ2) is 9.93. The topological polar surface area (TPSA) is 82.5 Å². The predicted molar refractivity (Wildman–Crippen MR) is 133 cm³/mol. The highest BCUT2D eigenvalue weighted by molar-refractivity contribution is 8.00. The predicted octanol–water partition coefficient (Wildman–Crippen LogP) is 4.25. The van der Waals surface area contributed by atoms with Gasteiger partial charge in [0.2, 0.25) is 5.91 Å². The highest BCUT2D eigenvalue weighted by Gasteiger charge is 2.23. The third kappa shape index (κ3) is 4.89. The van der Waals surface area contributed by atoms with E-state index in [1.165, 1.54) is 23.5 Å². The van der Waals surface area contributed by atoms with Crippen LogP contribution >= 0.6 is 23.5 Å². The number of aryl methyl sites for hydroxylation is 3. The van der Waals surface area contributed by atoms with Gasteiger partial charge >= 0.3 is 0 Å². The summed E-state index contributed by atoms with van der Waals surface area (Å²) in [6.45, 7) is 3.98. The minimum Gasteiger partial charge on any atom is -0.493 e. The maximum atomic E-state index is 13.4. The number of nitrogens with zero attached hydrogens (tertiary/aromatic N) is 2. The van der Waals surface area contributed by atoms with E-state index in [0.29, 0.717) is 27.2 Å². The third-order valence-electron chi connectivity index (χ3n) is 5.28. The van der Waals surface area contributed by atoms with Crippen molar-refractivity contribution in [1.82, 2.24) is 9.55 Å². The zero-order valence-corrected chi connectivity index (χ0v) is 20.6. The van der Waals surface area contributed by atoms with Crippen LogP contribution in [-0.2, 0) is 11.2 Å². The van der Waals surface area contributed by atoms with Crippen LogP contribution in [0.5, 0.6) is 11.5 Å². The third-order valence-corrected chi connectivity index (χ3v) is 7.33. The summed E-state index contributed by atoms with van der Waals surface area (Å²) in [4.78, 5) is 31.5. The Hall–Kier alpha value is -2.91. The molecule has 1 N–H and O–H groups in total. The van der Waals surface area contributed by atoms with E-state index in [4.69, 9.17) is 14.5 Å². The Balaban J connectivity index is 1.65. The Morgan fingerprint density at radius 3 is 2.67 bits per heavy atom. The monoisotopic (exact) mass is 483 g/mol. The summed E-state index contributed by atoms with van der Waals surface area (Å²) in [6.07, 6.45) is 0.740. The van der Waals surface area contributed by atoms with Gasteiger partial charge < -0.3 is 14.8 Å². The van der Waals surface area contributed by atoms with Crippen LogP contribution in [0.2, 0.25) is 0 Å². The van der Waals surface area contributed by atoms with Crippen LogP contribution in [0.4, 0.5) is 5.69 Å². The van der Waals surface area contributed by atoms with Gasteiger partial charge in [-0.2, -0.15) is 0 Å². The van der Waals surface area contributed by atoms with Gasteiger partial charge in [0.15, 0.2) is 16.7 Å². The van der Waals surface area contributed by atoms with E-state index in [-0.39, 0.29) is 17.2 Å². The van der Waals surface area contributed by atoms with E-state index in [0.717, 1.165) is 34.7 Å². The minimum absolute atomic E-state index is 0.124. The normalized spacial score (nSPS) is 12.4. The molecule has 172 valence electrons. The molecule has 1 amide bonds. The zero-order chi connectivity index (χ0) is 23.5. The number of amides is 1. The molecule has 1 aromatic heterocycles. The molecular weight excluding hydrogens is 458 g/mol. The summed E-state index contributed by atoms with van der Waals surface area (Å²) in [5.74, 6) is 1.87. The van der Waals surface area contributed by atoms with Gasteiger partial charge in [-0.15, -0.1) is 11.8 Å². The SMILES string of the molecule is COc1ccc(-n2c(SCC(=O)Nc3ccc(C)cc3C)nc3c(c2=O)SCC3)cc1OC. The molecule has 0 saturated heterocycles. The number of rotatable bonds is 7. The van der Waals surface area contributed by atoms with E-state index in [1.807, 2.05) is 32.0 Å². The first-order valence-corrected chi connectivity index (χ1v) is 12.4. The van der Waals surface area contributed by atoms with Crippen molar-refractivity contribution >= 4 is 35.1 Å². The van der Waals surface area contributed by atoms with Crippen LogP contribution in [0.25, 0.3) is 5.69 Å². The van der Waals surface area contributed by atoms with Gasteiger partial charge in [-0.05, 0) is 37.6 Å². The van der Waals surface area contributed by atoms with E-state index < -0.39 is 0 Å². The number of carbonyl (C=O) groups excluding carboxylic acids is 1. The largest absolute Gasteiger partial charge is 0.493 e. The Morgan fingerprint density at radius 1 is 1.15 bits per heavy atom. The molecule has 33 heavy (non-hydrogen) atoms. The standard InChI is InChI=1S/C24H25N3O4S2/c1-14-5-7-17(15(2)11-14)25-21(28)13-33-24-26-18-9-10-32-22(18)23(29)27(24)16-6-8-19(30-3)20(12-16)31-4/h5-8,11-12H,9-10,13H2,1-4H3,(H,25,28). The summed E-state index contributed by atoms with van der Waals surface area (Å²) in [5.41, 5.74) is 4.19. The average Bonchev–Trinajstić information content (AvgIpc) is 3.28. The lowest BCUT2D eigenvalue weighted by molar-refractivity contribution is -0.113. The molecule has 0 unspecified atom stereocenters. The van der Waals surface area contributed by atoms with Crippen LogP contribution in [0, 0.1) is 13.8 Å². The van der Waals surface area contributed by atoms with Crippen LogP contribution < -0.4 is 20.3 Å². The Kier molecular flexibility index (Phi) is 6.99. The first kappa shape index (κ1) is 23.3. The fraction of sp³-hybridized carbons (Fsp3) is 0.292. The molecule has 4 rings (SSSR count). The lowest BCUT2D eigenvalue weighted by Gasteiger charge is -2.16. The van der Waals surface area contributed by atoms with Gasteiger partial charge in [0, 0.05) is 23.9 Å². The molecule has 2 heterocycles. The van der Waals surface area contributed by atoms with Crippen molar-refractivity contribution in [3.63, 3.8) is 0 Å². The van der Waals surface area contributed by atoms with E-state index >= 15 is 0 Å². The molecule has 0 aliphatic carbocycles. The lowest BCUT2D eigenvalue weighted by Crippen LogP contribution is -2.24.